The van der Waals surface area contributed by atoms with Crippen molar-refractivity contribution in [1.29, 1.82) is 0 Å². The summed E-state index contributed by atoms with van der Waals surface area (Å²) >= 11 is 0. The molecular weight excluding hydrogens is 281 g/mol. The Morgan fingerprint density at radius 3 is 2.60 bits per heavy atom. The molecule has 0 aliphatic heterocycles. The van der Waals surface area contributed by atoms with Crippen LogP contribution < -0.4 is 5.50 Å². The van der Waals surface area contributed by atoms with Gasteiger partial charge in [0, 0.05) is 6.42 Å². The molecule has 0 amide bonds. The van der Waals surface area contributed by atoms with Gasteiger partial charge in [-0.25, -0.2) is 4.57 Å². The van der Waals surface area contributed by atoms with Crippen molar-refractivity contribution in [3.05, 3.63) is 35.9 Å². The highest BCUT2D eigenvalue weighted by atomic mass is 31.2. The molecule has 0 saturated carbocycles. The van der Waals surface area contributed by atoms with Gasteiger partial charge in [-0.3, -0.25) is 13.8 Å². The SMILES string of the molecule is CCCCC(=O)OCOP([NH])(=O)OCc1ccccc1. The average molecular weight is 300 g/mol. The molecule has 20 heavy (non-hydrogen) atoms. The molecule has 0 aliphatic rings. The zero-order valence-corrected chi connectivity index (χ0v) is 12.3. The fourth-order valence-electron chi connectivity index (χ4n) is 1.33. The van der Waals surface area contributed by atoms with E-state index in [1.807, 2.05) is 25.1 Å². The van der Waals surface area contributed by atoms with Crippen LogP contribution in [0.25, 0.3) is 0 Å². The summed E-state index contributed by atoms with van der Waals surface area (Å²) in [5.74, 6) is -0.435. The van der Waals surface area contributed by atoms with Crippen molar-refractivity contribution in [2.24, 2.45) is 0 Å². The maximum atomic E-state index is 11.6. The monoisotopic (exact) mass is 300 g/mol. The maximum absolute atomic E-state index is 11.6. The zero-order valence-electron chi connectivity index (χ0n) is 11.4. The third-order valence-electron chi connectivity index (χ3n) is 2.42. The second-order valence-corrected chi connectivity index (χ2v) is 5.63. The first kappa shape index (κ1) is 16.9. The number of carbonyl (C=O) groups excluding carboxylic acids is 1. The van der Waals surface area contributed by atoms with Crippen LogP contribution in [0.5, 0.6) is 0 Å². The molecule has 6 nitrogen and oxygen atoms in total. The zero-order chi connectivity index (χ0) is 14.8. The van der Waals surface area contributed by atoms with Gasteiger partial charge >= 0.3 is 13.7 Å². The molecule has 7 heteroatoms. The molecule has 1 rings (SSSR count). The minimum atomic E-state index is -3.97. The summed E-state index contributed by atoms with van der Waals surface area (Å²) in [7, 11) is -3.97. The number of ether oxygens (including phenoxy) is 1. The van der Waals surface area contributed by atoms with Crippen molar-refractivity contribution < 1.29 is 23.1 Å². The van der Waals surface area contributed by atoms with Gasteiger partial charge in [0.2, 0.25) is 6.79 Å². The van der Waals surface area contributed by atoms with Crippen LogP contribution in [-0.4, -0.2) is 12.8 Å². The van der Waals surface area contributed by atoms with E-state index in [-0.39, 0.29) is 13.0 Å². The lowest BCUT2D eigenvalue weighted by Crippen LogP contribution is -2.08. The van der Waals surface area contributed by atoms with Crippen LogP contribution in [-0.2, 0) is 29.8 Å². The van der Waals surface area contributed by atoms with Gasteiger partial charge in [0.05, 0.1) is 6.61 Å². The van der Waals surface area contributed by atoms with Crippen LogP contribution in [0, 0.1) is 0 Å². The second-order valence-electron chi connectivity index (χ2n) is 4.12. The molecule has 0 fully saturated rings. The number of hydrogen-bond acceptors (Lipinski definition) is 5. The second kappa shape index (κ2) is 8.87. The highest BCUT2D eigenvalue weighted by Gasteiger charge is 2.20. The Morgan fingerprint density at radius 1 is 1.25 bits per heavy atom. The van der Waals surface area contributed by atoms with Crippen molar-refractivity contribution >= 4 is 13.7 Å². The molecular formula is C13H19NO5P. The third-order valence-corrected chi connectivity index (χ3v) is 3.34. The van der Waals surface area contributed by atoms with Crippen LogP contribution in [0.15, 0.2) is 30.3 Å². The van der Waals surface area contributed by atoms with Crippen LogP contribution in [0.3, 0.4) is 0 Å². The molecule has 1 N–H and O–H groups in total. The lowest BCUT2D eigenvalue weighted by atomic mass is 10.2. The quantitative estimate of drug-likeness (QED) is 0.397. The molecule has 0 heterocycles. The molecule has 1 unspecified atom stereocenters. The Kier molecular flexibility index (Phi) is 7.47. The van der Waals surface area contributed by atoms with E-state index >= 15 is 0 Å². The molecule has 0 saturated heterocycles. The van der Waals surface area contributed by atoms with Crippen molar-refractivity contribution in [1.82, 2.24) is 5.50 Å². The molecule has 0 aromatic heterocycles. The maximum Gasteiger partial charge on any atom is 0.422 e. The summed E-state index contributed by atoms with van der Waals surface area (Å²) in [4.78, 5) is 11.2. The van der Waals surface area contributed by atoms with Gasteiger partial charge in [-0.05, 0) is 12.0 Å². The highest BCUT2D eigenvalue weighted by Crippen LogP contribution is 2.42. The van der Waals surface area contributed by atoms with Gasteiger partial charge in [0.15, 0.2) is 0 Å². The number of benzene rings is 1. The number of esters is 1. The first-order valence-corrected chi connectivity index (χ1v) is 7.91. The van der Waals surface area contributed by atoms with E-state index < -0.39 is 20.5 Å². The van der Waals surface area contributed by atoms with Gasteiger partial charge in [0.1, 0.15) is 0 Å². The smallest absolute Gasteiger partial charge is 0.422 e. The molecule has 0 spiro atoms. The van der Waals surface area contributed by atoms with Crippen LogP contribution in [0.1, 0.15) is 31.7 Å². The third kappa shape index (κ3) is 7.40. The number of hydrogen-bond donors (Lipinski definition) is 0. The van der Waals surface area contributed by atoms with Crippen molar-refractivity contribution in [3.63, 3.8) is 0 Å². The number of nitrogens with one attached hydrogen (secondary N) is 1. The Morgan fingerprint density at radius 2 is 1.95 bits per heavy atom. The summed E-state index contributed by atoms with van der Waals surface area (Å²) in [6.07, 6.45) is 1.89. The van der Waals surface area contributed by atoms with E-state index in [1.54, 1.807) is 12.1 Å². The largest absolute Gasteiger partial charge is 0.438 e. The van der Waals surface area contributed by atoms with Crippen molar-refractivity contribution in [2.75, 3.05) is 6.79 Å². The minimum absolute atomic E-state index is 0.00536. The first-order valence-electron chi connectivity index (χ1n) is 6.37. The standard InChI is InChI=1S/C13H19NO5P/c1-2-3-9-13(15)17-11-19-20(14,16)18-10-12-7-5-4-6-8-12/h4-8,14H,2-3,9-11H2,1H3. The van der Waals surface area contributed by atoms with E-state index in [4.69, 9.17) is 14.8 Å². The summed E-state index contributed by atoms with van der Waals surface area (Å²) in [6, 6.07) is 9.03. The molecule has 1 atom stereocenters. The van der Waals surface area contributed by atoms with Crippen LogP contribution >= 0.6 is 7.75 Å². The summed E-state index contributed by atoms with van der Waals surface area (Å²) < 4.78 is 25.9. The lowest BCUT2D eigenvalue weighted by Gasteiger charge is -2.12. The van der Waals surface area contributed by atoms with E-state index in [2.05, 4.69) is 4.52 Å². The fourth-order valence-corrected chi connectivity index (χ4v) is 1.91. The Balaban J connectivity index is 2.24. The van der Waals surface area contributed by atoms with Crippen LogP contribution in [0.2, 0.25) is 0 Å². The van der Waals surface area contributed by atoms with E-state index in [0.29, 0.717) is 0 Å². The topological polar surface area (TPSA) is 85.6 Å². The van der Waals surface area contributed by atoms with Gasteiger partial charge in [0.25, 0.3) is 0 Å². The van der Waals surface area contributed by atoms with E-state index in [1.165, 1.54) is 0 Å². The number of unbranched alkanes of at least 4 members (excludes halogenated alkanes) is 1. The van der Waals surface area contributed by atoms with Gasteiger partial charge in [-0.15, -0.1) is 5.50 Å². The summed E-state index contributed by atoms with van der Waals surface area (Å²) in [6.45, 7) is 1.43. The van der Waals surface area contributed by atoms with Crippen molar-refractivity contribution in [3.8, 4) is 0 Å². The highest BCUT2D eigenvalue weighted by molar-refractivity contribution is 7.50. The van der Waals surface area contributed by atoms with E-state index in [0.717, 1.165) is 18.4 Å². The summed E-state index contributed by atoms with van der Waals surface area (Å²) in [5.41, 5.74) is 8.16. The molecule has 1 aromatic carbocycles. The van der Waals surface area contributed by atoms with Gasteiger partial charge < -0.3 is 4.74 Å². The minimum Gasteiger partial charge on any atom is -0.438 e. The van der Waals surface area contributed by atoms with Crippen molar-refractivity contribution in [2.45, 2.75) is 32.8 Å². The fraction of sp³-hybridized carbons (Fsp3) is 0.462. The predicted molar refractivity (Wildman–Crippen MR) is 73.5 cm³/mol. The molecule has 111 valence electrons. The van der Waals surface area contributed by atoms with E-state index in [9.17, 15) is 9.36 Å². The normalized spacial score (nSPS) is 13.7. The molecule has 1 radical (unpaired) electrons. The molecule has 0 aliphatic carbocycles. The van der Waals surface area contributed by atoms with Gasteiger partial charge in [-0.1, -0.05) is 43.7 Å². The predicted octanol–water partition coefficient (Wildman–Crippen LogP) is 3.30. The number of carbonyl (C=O) groups is 1. The summed E-state index contributed by atoms with van der Waals surface area (Å²) in [5, 5.41) is 0. The molecule has 0 bridgehead atoms. The Hall–Kier alpha value is -1.20. The first-order chi connectivity index (χ1) is 9.53. The number of rotatable bonds is 9. The van der Waals surface area contributed by atoms with Gasteiger partial charge in [-0.2, -0.15) is 0 Å². The van der Waals surface area contributed by atoms with Crippen LogP contribution in [0.4, 0.5) is 0 Å². The lowest BCUT2D eigenvalue weighted by molar-refractivity contribution is -0.150. The Labute approximate surface area is 118 Å². The molecule has 1 aromatic rings. The average Bonchev–Trinajstić information content (AvgIpc) is 2.44. The Bertz CT molecular complexity index is 451.